The molecule has 0 atom stereocenters. The molecule has 0 aliphatic rings. The minimum absolute atomic E-state index is 0.0530. The Morgan fingerprint density at radius 1 is 1.41 bits per heavy atom. The molecule has 0 fully saturated rings. The first kappa shape index (κ1) is 14.3. The highest BCUT2D eigenvalue weighted by atomic mass is 32.1. The van der Waals surface area contributed by atoms with Crippen LogP contribution in [0.15, 0.2) is 28.2 Å². The minimum Gasteiger partial charge on any atom is -0.347 e. The van der Waals surface area contributed by atoms with Gasteiger partial charge in [0, 0.05) is 6.20 Å². The summed E-state index contributed by atoms with van der Waals surface area (Å²) in [5.74, 6) is 1.38. The zero-order chi connectivity index (χ0) is 15.5. The van der Waals surface area contributed by atoms with E-state index in [0.717, 1.165) is 4.88 Å². The lowest BCUT2D eigenvalue weighted by Gasteiger charge is -2.04. The number of rotatable bonds is 5. The van der Waals surface area contributed by atoms with Crippen molar-refractivity contribution in [3.63, 3.8) is 0 Å². The zero-order valence-electron chi connectivity index (χ0n) is 12.0. The molecule has 3 aromatic rings. The van der Waals surface area contributed by atoms with E-state index in [1.54, 1.807) is 6.92 Å². The van der Waals surface area contributed by atoms with Crippen LogP contribution in [0.2, 0.25) is 0 Å². The maximum absolute atomic E-state index is 11.3. The second-order valence-corrected chi connectivity index (χ2v) is 5.54. The number of hydrogen-bond donors (Lipinski definition) is 1. The first-order valence-electron chi connectivity index (χ1n) is 6.58. The van der Waals surface area contributed by atoms with E-state index in [9.17, 15) is 4.79 Å². The number of carbonyl (C=O) groups excluding carboxylic acids is 1. The Bertz CT molecular complexity index is 797. The molecule has 0 unspecified atom stereocenters. The normalized spacial score (nSPS) is 10.6. The third kappa shape index (κ3) is 3.01. The van der Waals surface area contributed by atoms with Crippen molar-refractivity contribution in [2.45, 2.75) is 20.4 Å². The smallest absolute Gasteiger partial charge is 0.268 e. The Morgan fingerprint density at radius 2 is 2.27 bits per heavy atom. The molecule has 8 heteroatoms. The van der Waals surface area contributed by atoms with Crippen molar-refractivity contribution in [1.82, 2.24) is 20.1 Å². The number of carbonyl (C=O) groups is 1. The van der Waals surface area contributed by atoms with Crippen LogP contribution in [0.25, 0.3) is 10.8 Å². The number of anilines is 1. The lowest BCUT2D eigenvalue weighted by Crippen LogP contribution is -2.08. The topological polar surface area (TPSA) is 93.8 Å². The average Bonchev–Trinajstić information content (AvgIpc) is 3.16. The highest BCUT2D eigenvalue weighted by Gasteiger charge is 2.11. The minimum atomic E-state index is -0.0530. The molecule has 112 valence electrons. The summed E-state index contributed by atoms with van der Waals surface area (Å²) >= 11 is 1.54. The van der Waals surface area contributed by atoms with Crippen molar-refractivity contribution in [2.24, 2.45) is 0 Å². The predicted molar refractivity (Wildman–Crippen MR) is 81.7 cm³/mol. The standard InChI is InChI=1S/C14H13N5O2S/c1-8-10(9(2)20)6-15-14(17-8)16-7-12-18-13(21-19-12)11-4-3-5-22-11/h3-6H,7H2,1-2H3,(H,15,16,17). The zero-order valence-corrected chi connectivity index (χ0v) is 12.8. The number of thiophene rings is 1. The van der Waals surface area contributed by atoms with Gasteiger partial charge in [0.15, 0.2) is 11.6 Å². The number of hydrogen-bond acceptors (Lipinski definition) is 8. The van der Waals surface area contributed by atoms with Gasteiger partial charge in [-0.3, -0.25) is 4.79 Å². The second-order valence-electron chi connectivity index (χ2n) is 4.60. The van der Waals surface area contributed by atoms with E-state index in [-0.39, 0.29) is 5.78 Å². The molecule has 0 saturated carbocycles. The fourth-order valence-electron chi connectivity index (χ4n) is 1.88. The van der Waals surface area contributed by atoms with Crippen LogP contribution in [0.5, 0.6) is 0 Å². The van der Waals surface area contributed by atoms with Crippen LogP contribution >= 0.6 is 11.3 Å². The van der Waals surface area contributed by atoms with Gasteiger partial charge in [-0.2, -0.15) is 4.98 Å². The lowest BCUT2D eigenvalue weighted by molar-refractivity contribution is 0.101. The fraction of sp³-hybridized carbons (Fsp3) is 0.214. The van der Waals surface area contributed by atoms with Gasteiger partial charge >= 0.3 is 0 Å². The first-order chi connectivity index (χ1) is 10.6. The summed E-state index contributed by atoms with van der Waals surface area (Å²) in [5.41, 5.74) is 1.16. The number of Topliss-reactive ketones (excluding diaryl/α,β-unsaturated/α-hetero) is 1. The van der Waals surface area contributed by atoms with Crippen molar-refractivity contribution < 1.29 is 9.32 Å². The molecule has 0 aromatic carbocycles. The molecular formula is C14H13N5O2S. The highest BCUT2D eigenvalue weighted by Crippen LogP contribution is 2.22. The van der Waals surface area contributed by atoms with Gasteiger partial charge in [0.05, 0.1) is 22.7 Å². The first-order valence-corrected chi connectivity index (χ1v) is 7.46. The van der Waals surface area contributed by atoms with Crippen molar-refractivity contribution in [3.05, 3.63) is 40.8 Å². The number of nitrogens with zero attached hydrogens (tertiary/aromatic N) is 4. The predicted octanol–water partition coefficient (Wildman–Crippen LogP) is 2.71. The van der Waals surface area contributed by atoms with E-state index in [2.05, 4.69) is 25.4 Å². The van der Waals surface area contributed by atoms with Gasteiger partial charge < -0.3 is 9.84 Å². The molecule has 0 aliphatic heterocycles. The Labute approximate surface area is 130 Å². The van der Waals surface area contributed by atoms with Crippen molar-refractivity contribution in [1.29, 1.82) is 0 Å². The molecule has 0 radical (unpaired) electrons. The van der Waals surface area contributed by atoms with Crippen molar-refractivity contribution in [3.8, 4) is 10.8 Å². The quantitative estimate of drug-likeness (QED) is 0.723. The van der Waals surface area contributed by atoms with Gasteiger partial charge in [-0.1, -0.05) is 11.2 Å². The maximum atomic E-state index is 11.3. The van der Waals surface area contributed by atoms with E-state index in [0.29, 0.717) is 35.5 Å². The molecule has 1 N–H and O–H groups in total. The number of aryl methyl sites for hydroxylation is 1. The average molecular weight is 315 g/mol. The molecule has 3 rings (SSSR count). The Morgan fingerprint density at radius 3 is 2.95 bits per heavy atom. The van der Waals surface area contributed by atoms with Gasteiger partial charge in [0.1, 0.15) is 0 Å². The Hall–Kier alpha value is -2.61. The molecule has 0 aliphatic carbocycles. The van der Waals surface area contributed by atoms with E-state index < -0.39 is 0 Å². The molecule has 3 heterocycles. The van der Waals surface area contributed by atoms with Crippen LogP contribution in [0.3, 0.4) is 0 Å². The van der Waals surface area contributed by atoms with Crippen LogP contribution in [-0.4, -0.2) is 25.9 Å². The molecule has 0 amide bonds. The summed E-state index contributed by atoms with van der Waals surface area (Å²) < 4.78 is 5.20. The summed E-state index contributed by atoms with van der Waals surface area (Å²) in [6, 6.07) is 3.84. The van der Waals surface area contributed by atoms with Crippen LogP contribution in [-0.2, 0) is 6.54 Å². The summed E-state index contributed by atoms with van der Waals surface area (Å²) in [6.07, 6.45) is 1.51. The van der Waals surface area contributed by atoms with Gasteiger partial charge in [0.2, 0.25) is 5.95 Å². The molecule has 7 nitrogen and oxygen atoms in total. The molecular weight excluding hydrogens is 302 g/mol. The van der Waals surface area contributed by atoms with E-state index in [4.69, 9.17) is 4.52 Å². The summed E-state index contributed by atoms with van der Waals surface area (Å²) in [6.45, 7) is 3.60. The molecule has 0 bridgehead atoms. The molecule has 0 saturated heterocycles. The molecule has 0 spiro atoms. The molecule has 3 aromatic heterocycles. The third-order valence-electron chi connectivity index (χ3n) is 2.96. The number of ketones is 1. The van der Waals surface area contributed by atoms with Crippen molar-refractivity contribution >= 4 is 23.1 Å². The number of nitrogens with one attached hydrogen (secondary N) is 1. The van der Waals surface area contributed by atoms with E-state index in [1.807, 2.05) is 17.5 Å². The fourth-order valence-corrected chi connectivity index (χ4v) is 2.53. The lowest BCUT2D eigenvalue weighted by atomic mass is 10.2. The van der Waals surface area contributed by atoms with Gasteiger partial charge in [0.25, 0.3) is 5.89 Å². The van der Waals surface area contributed by atoms with Gasteiger partial charge in [-0.05, 0) is 25.3 Å². The van der Waals surface area contributed by atoms with Crippen LogP contribution in [0, 0.1) is 6.92 Å². The van der Waals surface area contributed by atoms with Crippen LogP contribution in [0.4, 0.5) is 5.95 Å². The third-order valence-corrected chi connectivity index (χ3v) is 3.82. The monoisotopic (exact) mass is 315 g/mol. The Kier molecular flexibility index (Phi) is 3.92. The SMILES string of the molecule is CC(=O)c1cnc(NCc2noc(-c3cccs3)n2)nc1C. The highest BCUT2D eigenvalue weighted by molar-refractivity contribution is 7.13. The second kappa shape index (κ2) is 6.02. The van der Waals surface area contributed by atoms with Crippen LogP contribution < -0.4 is 5.32 Å². The maximum Gasteiger partial charge on any atom is 0.268 e. The largest absolute Gasteiger partial charge is 0.347 e. The summed E-state index contributed by atoms with van der Waals surface area (Å²) in [4.78, 5) is 24.9. The van der Waals surface area contributed by atoms with Crippen molar-refractivity contribution in [2.75, 3.05) is 5.32 Å². The van der Waals surface area contributed by atoms with E-state index >= 15 is 0 Å². The van der Waals surface area contributed by atoms with Gasteiger partial charge in [-0.25, -0.2) is 9.97 Å². The summed E-state index contributed by atoms with van der Waals surface area (Å²) in [5, 5.41) is 8.86. The Balaban J connectivity index is 1.68. The number of aromatic nitrogens is 4. The molecule has 22 heavy (non-hydrogen) atoms. The van der Waals surface area contributed by atoms with E-state index in [1.165, 1.54) is 24.5 Å². The van der Waals surface area contributed by atoms with Gasteiger partial charge in [-0.15, -0.1) is 11.3 Å². The summed E-state index contributed by atoms with van der Waals surface area (Å²) in [7, 11) is 0. The van der Waals surface area contributed by atoms with Crippen LogP contribution in [0.1, 0.15) is 28.8 Å².